The maximum Gasteiger partial charge on any atom is 0.330 e. The summed E-state index contributed by atoms with van der Waals surface area (Å²) in [6.07, 6.45) is 2.81. The zero-order valence-corrected chi connectivity index (χ0v) is 13.4. The predicted molar refractivity (Wildman–Crippen MR) is 85.6 cm³/mol. The van der Waals surface area contributed by atoms with Crippen molar-refractivity contribution in [3.8, 4) is 0 Å². The van der Waals surface area contributed by atoms with Crippen molar-refractivity contribution in [3.05, 3.63) is 35.9 Å². The molecule has 0 aliphatic carbocycles. The molecule has 6 heteroatoms. The summed E-state index contributed by atoms with van der Waals surface area (Å²) in [5.74, 6) is -0.246. The Hall–Kier alpha value is -1.69. The van der Waals surface area contributed by atoms with E-state index in [0.717, 1.165) is 12.2 Å². The number of aliphatic carboxylic acids is 1. The molecule has 0 heterocycles. The maximum atomic E-state index is 12.2. The van der Waals surface area contributed by atoms with Gasteiger partial charge in [-0.15, -0.1) is 0 Å². The SMILES string of the molecule is CCC(CSC)N(C)C(=O)N[C@H](C(=O)O)c1ccccc1. The number of carboxylic acid groups (broad SMARTS) is 1. The van der Waals surface area contributed by atoms with Gasteiger partial charge < -0.3 is 15.3 Å². The molecule has 0 bridgehead atoms. The minimum atomic E-state index is -1.07. The van der Waals surface area contributed by atoms with Crippen molar-refractivity contribution >= 4 is 23.8 Å². The summed E-state index contributed by atoms with van der Waals surface area (Å²) in [7, 11) is 1.70. The lowest BCUT2D eigenvalue weighted by molar-refractivity contribution is -0.139. The minimum absolute atomic E-state index is 0.0882. The van der Waals surface area contributed by atoms with Crippen LogP contribution in [0, 0.1) is 0 Å². The van der Waals surface area contributed by atoms with Gasteiger partial charge in [0.2, 0.25) is 0 Å². The van der Waals surface area contributed by atoms with E-state index >= 15 is 0 Å². The molecule has 2 amide bonds. The second kappa shape index (κ2) is 8.56. The first-order chi connectivity index (χ1) is 10.0. The number of urea groups is 1. The van der Waals surface area contributed by atoms with E-state index in [4.69, 9.17) is 0 Å². The van der Waals surface area contributed by atoms with E-state index in [2.05, 4.69) is 5.32 Å². The van der Waals surface area contributed by atoms with Crippen LogP contribution in [0.15, 0.2) is 30.3 Å². The third kappa shape index (κ3) is 4.97. The first kappa shape index (κ1) is 17.4. The van der Waals surface area contributed by atoms with Crippen LogP contribution in [0.3, 0.4) is 0 Å². The number of nitrogens with one attached hydrogen (secondary N) is 1. The van der Waals surface area contributed by atoms with E-state index in [1.54, 1.807) is 48.0 Å². The molecule has 0 fully saturated rings. The van der Waals surface area contributed by atoms with Crippen LogP contribution in [0.4, 0.5) is 4.79 Å². The van der Waals surface area contributed by atoms with Crippen molar-refractivity contribution in [1.82, 2.24) is 10.2 Å². The number of nitrogens with zero attached hydrogens (tertiary/aromatic N) is 1. The number of carbonyl (C=O) groups is 2. The second-order valence-electron chi connectivity index (χ2n) is 4.76. The molecule has 0 radical (unpaired) electrons. The molecule has 2 N–H and O–H groups in total. The Bertz CT molecular complexity index is 467. The fourth-order valence-electron chi connectivity index (χ4n) is 2.02. The van der Waals surface area contributed by atoms with Crippen LogP contribution in [0.25, 0.3) is 0 Å². The molecule has 1 aromatic rings. The molecule has 0 spiro atoms. The minimum Gasteiger partial charge on any atom is -0.479 e. The number of amides is 2. The van der Waals surface area contributed by atoms with Crippen LogP contribution < -0.4 is 5.32 Å². The Balaban J connectivity index is 2.80. The molecule has 2 atom stereocenters. The molecular weight excluding hydrogens is 288 g/mol. The van der Waals surface area contributed by atoms with E-state index in [9.17, 15) is 14.7 Å². The number of thioether (sulfide) groups is 1. The van der Waals surface area contributed by atoms with Crippen LogP contribution in [-0.4, -0.2) is 47.1 Å². The Labute approximate surface area is 129 Å². The van der Waals surface area contributed by atoms with Gasteiger partial charge in [0.25, 0.3) is 0 Å². The van der Waals surface area contributed by atoms with E-state index in [0.29, 0.717) is 5.56 Å². The molecule has 0 aliphatic heterocycles. The first-order valence-corrected chi connectivity index (χ1v) is 8.20. The van der Waals surface area contributed by atoms with Crippen molar-refractivity contribution in [2.24, 2.45) is 0 Å². The summed E-state index contributed by atoms with van der Waals surface area (Å²) in [6, 6.07) is 7.39. The van der Waals surface area contributed by atoms with Gasteiger partial charge in [-0.25, -0.2) is 9.59 Å². The number of hydrogen-bond donors (Lipinski definition) is 2. The van der Waals surface area contributed by atoms with E-state index in [1.165, 1.54) is 0 Å². The number of rotatable bonds is 7. The number of carbonyl (C=O) groups excluding carboxylic acids is 1. The van der Waals surface area contributed by atoms with Gasteiger partial charge in [0, 0.05) is 18.8 Å². The van der Waals surface area contributed by atoms with Crippen LogP contribution in [0.5, 0.6) is 0 Å². The molecule has 1 rings (SSSR count). The lowest BCUT2D eigenvalue weighted by atomic mass is 10.1. The van der Waals surface area contributed by atoms with Gasteiger partial charge in [-0.3, -0.25) is 0 Å². The summed E-state index contributed by atoms with van der Waals surface area (Å²) < 4.78 is 0. The highest BCUT2D eigenvalue weighted by molar-refractivity contribution is 7.98. The summed E-state index contributed by atoms with van der Waals surface area (Å²) in [5, 5.41) is 11.9. The summed E-state index contributed by atoms with van der Waals surface area (Å²) >= 11 is 1.66. The van der Waals surface area contributed by atoms with Crippen molar-refractivity contribution in [3.63, 3.8) is 0 Å². The van der Waals surface area contributed by atoms with Gasteiger partial charge >= 0.3 is 12.0 Å². The molecule has 0 aliphatic rings. The molecule has 0 saturated heterocycles. The first-order valence-electron chi connectivity index (χ1n) is 6.81. The lowest BCUT2D eigenvalue weighted by Crippen LogP contribution is -2.47. The molecule has 1 aromatic carbocycles. The average molecular weight is 310 g/mol. The Morgan fingerprint density at radius 3 is 2.43 bits per heavy atom. The molecule has 5 nitrogen and oxygen atoms in total. The maximum absolute atomic E-state index is 12.2. The number of hydrogen-bond acceptors (Lipinski definition) is 3. The Morgan fingerprint density at radius 2 is 1.95 bits per heavy atom. The summed E-state index contributed by atoms with van der Waals surface area (Å²) in [5.41, 5.74) is 0.560. The largest absolute Gasteiger partial charge is 0.479 e. The fraction of sp³-hybridized carbons (Fsp3) is 0.467. The van der Waals surface area contributed by atoms with Gasteiger partial charge in [-0.2, -0.15) is 11.8 Å². The second-order valence-corrected chi connectivity index (χ2v) is 5.67. The monoisotopic (exact) mass is 310 g/mol. The molecule has 1 unspecified atom stereocenters. The van der Waals surface area contributed by atoms with Gasteiger partial charge in [0.1, 0.15) is 0 Å². The zero-order valence-electron chi connectivity index (χ0n) is 12.6. The summed E-state index contributed by atoms with van der Waals surface area (Å²) in [4.78, 5) is 25.2. The average Bonchev–Trinajstić information content (AvgIpc) is 2.49. The fourth-order valence-corrected chi connectivity index (χ4v) is 2.86. The van der Waals surface area contributed by atoms with Crippen molar-refractivity contribution in [1.29, 1.82) is 0 Å². The topological polar surface area (TPSA) is 69.6 Å². The van der Waals surface area contributed by atoms with Crippen LogP contribution in [0.2, 0.25) is 0 Å². The predicted octanol–water partition coefficient (Wildman–Crippen LogP) is 2.60. The zero-order chi connectivity index (χ0) is 15.8. The van der Waals surface area contributed by atoms with Crippen molar-refractivity contribution in [2.45, 2.75) is 25.4 Å². The van der Waals surface area contributed by atoms with Gasteiger partial charge in [-0.05, 0) is 18.2 Å². The highest BCUT2D eigenvalue weighted by atomic mass is 32.2. The third-order valence-corrected chi connectivity index (χ3v) is 4.06. The van der Waals surface area contributed by atoms with Gasteiger partial charge in [0.15, 0.2) is 6.04 Å². The van der Waals surface area contributed by atoms with Crippen molar-refractivity contribution < 1.29 is 14.7 Å². The smallest absolute Gasteiger partial charge is 0.330 e. The number of carboxylic acids is 1. The van der Waals surface area contributed by atoms with Gasteiger partial charge in [-0.1, -0.05) is 37.3 Å². The molecule has 0 aromatic heterocycles. The molecule has 21 heavy (non-hydrogen) atoms. The van der Waals surface area contributed by atoms with Gasteiger partial charge in [0.05, 0.1) is 0 Å². The number of benzene rings is 1. The Kier molecular flexibility index (Phi) is 7.08. The van der Waals surface area contributed by atoms with E-state index in [1.807, 2.05) is 19.2 Å². The van der Waals surface area contributed by atoms with E-state index < -0.39 is 12.0 Å². The Morgan fingerprint density at radius 1 is 1.33 bits per heavy atom. The van der Waals surface area contributed by atoms with Crippen LogP contribution >= 0.6 is 11.8 Å². The standard InChI is InChI=1S/C15H22N2O3S/c1-4-12(10-21-3)17(2)15(20)16-13(14(18)19)11-8-6-5-7-9-11/h5-9,12-13H,4,10H2,1-3H3,(H,16,20)(H,18,19)/t12?,13-/m0/s1. The van der Waals surface area contributed by atoms with E-state index in [-0.39, 0.29) is 12.1 Å². The summed E-state index contributed by atoms with van der Waals surface area (Å²) in [6.45, 7) is 2.01. The van der Waals surface area contributed by atoms with Crippen LogP contribution in [0.1, 0.15) is 24.9 Å². The molecule has 116 valence electrons. The quantitative estimate of drug-likeness (QED) is 0.812. The van der Waals surface area contributed by atoms with Crippen LogP contribution in [-0.2, 0) is 4.79 Å². The third-order valence-electron chi connectivity index (χ3n) is 3.35. The molecular formula is C15H22N2O3S. The molecule has 0 saturated carbocycles. The highest BCUT2D eigenvalue weighted by Gasteiger charge is 2.25. The highest BCUT2D eigenvalue weighted by Crippen LogP contribution is 2.14. The normalized spacial score (nSPS) is 13.3. The van der Waals surface area contributed by atoms with Crippen molar-refractivity contribution in [2.75, 3.05) is 19.1 Å². The lowest BCUT2D eigenvalue weighted by Gasteiger charge is -2.28.